The predicted molar refractivity (Wildman–Crippen MR) is 110 cm³/mol. The molecule has 0 bridgehead atoms. The van der Waals surface area contributed by atoms with Crippen LogP contribution in [0.2, 0.25) is 13.3 Å². The van der Waals surface area contributed by atoms with Gasteiger partial charge in [-0.3, -0.25) is 0 Å². The third-order valence-electron chi connectivity index (χ3n) is 5.22. The Kier molecular flexibility index (Phi) is 11.3. The van der Waals surface area contributed by atoms with E-state index in [1.165, 1.54) is 64.8 Å². The molecule has 0 radical (unpaired) electrons. The molecule has 0 fully saturated rings. The van der Waals surface area contributed by atoms with Crippen LogP contribution in [0.25, 0.3) is 0 Å². The van der Waals surface area contributed by atoms with Crippen molar-refractivity contribution in [1.82, 2.24) is 14.5 Å². The second-order valence-electron chi connectivity index (χ2n) is 7.69. The summed E-state index contributed by atoms with van der Waals surface area (Å²) in [4.78, 5) is 7.28. The van der Waals surface area contributed by atoms with E-state index in [9.17, 15) is 0 Å². The molecule has 3 nitrogen and oxygen atoms in total. The fourth-order valence-electron chi connectivity index (χ4n) is 3.76. The van der Waals surface area contributed by atoms with E-state index in [-0.39, 0.29) is 0 Å². The van der Waals surface area contributed by atoms with E-state index in [0.717, 1.165) is 6.54 Å². The standard InChI is InChI=1S/C8H14N3.3C4H9.Sn/c1-10(2)5-3-6-11-7-4-9-8-11;3*1-3-4-2;/h4,7H,3,5-6H2,1-2H3;3*1,3-4H2,2H3;. The van der Waals surface area contributed by atoms with E-state index in [1.54, 1.807) is 3.84 Å². The van der Waals surface area contributed by atoms with E-state index in [4.69, 9.17) is 4.98 Å². The molecular weight excluding hydrogens is 401 g/mol. The number of unbranched alkanes of at least 4 members (excludes halogenated alkanes) is 3. The number of hydrogen-bond acceptors (Lipinski definition) is 2. The second kappa shape index (κ2) is 12.3. The Hall–Kier alpha value is -0.0313. The van der Waals surface area contributed by atoms with E-state index in [1.807, 2.05) is 0 Å². The van der Waals surface area contributed by atoms with Gasteiger partial charge in [0.05, 0.1) is 0 Å². The first-order chi connectivity index (χ1) is 11.6. The monoisotopic (exact) mass is 443 g/mol. The molecule has 0 aliphatic carbocycles. The van der Waals surface area contributed by atoms with Gasteiger partial charge in [-0.2, -0.15) is 0 Å². The third-order valence-corrected chi connectivity index (χ3v) is 20.3. The average molecular weight is 442 g/mol. The van der Waals surface area contributed by atoms with Crippen LogP contribution in [0.3, 0.4) is 0 Å². The van der Waals surface area contributed by atoms with Crippen molar-refractivity contribution in [3.63, 3.8) is 0 Å². The maximum atomic E-state index is 4.99. The molecule has 0 N–H and O–H groups in total. The van der Waals surface area contributed by atoms with Gasteiger partial charge in [-0.05, 0) is 0 Å². The minimum atomic E-state index is -2.37. The SMILES string of the molecule is CCC[CH2][Sn]([CH2]CCC)([CH2]CCC)[c]1nccn1CCCN(C)C. The van der Waals surface area contributed by atoms with Gasteiger partial charge in [0.1, 0.15) is 0 Å². The normalized spacial score (nSPS) is 12.2. The van der Waals surface area contributed by atoms with Crippen molar-refractivity contribution < 1.29 is 0 Å². The molecule has 0 spiro atoms. The first-order valence-corrected chi connectivity index (χ1v) is 17.7. The molecule has 0 unspecified atom stereocenters. The number of nitrogens with zero attached hydrogens (tertiary/aromatic N) is 3. The molecule has 0 saturated heterocycles. The van der Waals surface area contributed by atoms with E-state index < -0.39 is 18.4 Å². The molecule has 0 atom stereocenters. The fraction of sp³-hybridized carbons (Fsp3) is 0.850. The first-order valence-electron chi connectivity index (χ1n) is 10.3. The molecule has 24 heavy (non-hydrogen) atoms. The van der Waals surface area contributed by atoms with Crippen LogP contribution in [-0.4, -0.2) is 53.5 Å². The van der Waals surface area contributed by atoms with Gasteiger partial charge in [0.25, 0.3) is 0 Å². The summed E-state index contributed by atoms with van der Waals surface area (Å²) in [5.74, 6) is 0. The molecule has 140 valence electrons. The fourth-order valence-corrected chi connectivity index (χ4v) is 19.9. The number of aryl methyl sites for hydroxylation is 1. The molecule has 0 saturated carbocycles. The number of aromatic nitrogens is 2. The Bertz CT molecular complexity index is 406. The topological polar surface area (TPSA) is 21.1 Å². The van der Waals surface area contributed by atoms with E-state index >= 15 is 0 Å². The summed E-state index contributed by atoms with van der Waals surface area (Å²) in [5.41, 5.74) is 0. The summed E-state index contributed by atoms with van der Waals surface area (Å²) in [6, 6.07) is 0. The van der Waals surface area contributed by atoms with Crippen molar-refractivity contribution >= 4 is 22.2 Å². The van der Waals surface area contributed by atoms with Crippen LogP contribution >= 0.6 is 0 Å². The quantitative estimate of drug-likeness (QED) is 0.383. The van der Waals surface area contributed by atoms with Gasteiger partial charge in [0.2, 0.25) is 0 Å². The van der Waals surface area contributed by atoms with E-state index in [0.29, 0.717) is 0 Å². The Balaban J connectivity index is 2.99. The molecule has 4 heteroatoms. The van der Waals surface area contributed by atoms with Crippen molar-refractivity contribution in [1.29, 1.82) is 0 Å². The second-order valence-corrected chi connectivity index (χ2v) is 20.6. The zero-order chi connectivity index (χ0) is 17.8. The molecule has 1 rings (SSSR count). The van der Waals surface area contributed by atoms with Crippen molar-refractivity contribution in [2.75, 3.05) is 20.6 Å². The van der Waals surface area contributed by atoms with Crippen molar-refractivity contribution in [2.24, 2.45) is 0 Å². The van der Waals surface area contributed by atoms with Crippen molar-refractivity contribution in [3.8, 4) is 0 Å². The van der Waals surface area contributed by atoms with Gasteiger partial charge in [-0.1, -0.05) is 0 Å². The van der Waals surface area contributed by atoms with Crippen LogP contribution in [0.1, 0.15) is 65.7 Å². The van der Waals surface area contributed by atoms with Gasteiger partial charge < -0.3 is 0 Å². The molecule has 0 amide bonds. The van der Waals surface area contributed by atoms with E-state index in [2.05, 4.69) is 56.7 Å². The van der Waals surface area contributed by atoms with Crippen LogP contribution < -0.4 is 3.84 Å². The zero-order valence-electron chi connectivity index (χ0n) is 17.0. The maximum absolute atomic E-state index is 4.99. The Labute approximate surface area is 155 Å². The zero-order valence-corrected chi connectivity index (χ0v) is 19.8. The number of rotatable bonds is 14. The summed E-state index contributed by atoms with van der Waals surface area (Å²) in [6.45, 7) is 9.36. The number of imidazole rings is 1. The molecule has 0 aromatic carbocycles. The Morgan fingerprint density at radius 1 is 0.917 bits per heavy atom. The molecule has 1 aromatic rings. The van der Waals surface area contributed by atoms with Crippen LogP contribution in [0.4, 0.5) is 0 Å². The summed E-state index contributed by atoms with van der Waals surface area (Å²) < 4.78 is 8.67. The molecule has 0 aliphatic heterocycles. The predicted octanol–water partition coefficient (Wildman–Crippen LogP) is 4.89. The Morgan fingerprint density at radius 3 is 1.92 bits per heavy atom. The Morgan fingerprint density at radius 2 is 1.46 bits per heavy atom. The molecular formula is C20H41N3Sn. The third kappa shape index (κ3) is 7.07. The molecule has 0 aliphatic rings. The van der Waals surface area contributed by atoms with Gasteiger partial charge in [0.15, 0.2) is 0 Å². The van der Waals surface area contributed by atoms with Gasteiger partial charge in [-0.25, -0.2) is 0 Å². The van der Waals surface area contributed by atoms with Crippen LogP contribution in [0.5, 0.6) is 0 Å². The molecule has 1 heterocycles. The summed E-state index contributed by atoms with van der Waals surface area (Å²) in [5, 5.41) is 0. The summed E-state index contributed by atoms with van der Waals surface area (Å²) in [7, 11) is 4.34. The summed E-state index contributed by atoms with van der Waals surface area (Å²) in [6.07, 6.45) is 13.8. The summed E-state index contributed by atoms with van der Waals surface area (Å²) >= 11 is -2.37. The minimum absolute atomic E-state index is 1.15. The van der Waals surface area contributed by atoms with Crippen LogP contribution in [0.15, 0.2) is 12.4 Å². The van der Waals surface area contributed by atoms with Crippen molar-refractivity contribution in [2.45, 2.75) is 85.6 Å². The molecule has 1 aromatic heterocycles. The van der Waals surface area contributed by atoms with Crippen LogP contribution in [-0.2, 0) is 6.54 Å². The van der Waals surface area contributed by atoms with Gasteiger partial charge >= 0.3 is 155 Å². The average Bonchev–Trinajstić information content (AvgIpc) is 3.03. The van der Waals surface area contributed by atoms with Gasteiger partial charge in [0, 0.05) is 0 Å². The van der Waals surface area contributed by atoms with Crippen molar-refractivity contribution in [3.05, 3.63) is 12.4 Å². The first kappa shape index (κ1) is 22.0. The van der Waals surface area contributed by atoms with Gasteiger partial charge in [-0.15, -0.1) is 0 Å². The number of hydrogen-bond donors (Lipinski definition) is 0. The van der Waals surface area contributed by atoms with Crippen LogP contribution in [0, 0.1) is 0 Å².